The van der Waals surface area contributed by atoms with Gasteiger partial charge in [-0.2, -0.15) is 0 Å². The van der Waals surface area contributed by atoms with Gasteiger partial charge in [0.05, 0.1) is 5.69 Å². The number of halogens is 1. The molecule has 1 aliphatic rings. The third kappa shape index (κ3) is 2.55. The summed E-state index contributed by atoms with van der Waals surface area (Å²) in [5, 5.41) is 0. The van der Waals surface area contributed by atoms with Gasteiger partial charge in [-0.1, -0.05) is 6.92 Å². The molecule has 0 amide bonds. The van der Waals surface area contributed by atoms with Crippen LogP contribution in [0.1, 0.15) is 12.6 Å². The fourth-order valence-electron chi connectivity index (χ4n) is 2.00. The van der Waals surface area contributed by atoms with E-state index in [1.165, 1.54) is 0 Å². The Balaban J connectivity index is 2.05. The number of hydrogen-bond acceptors (Lipinski definition) is 3. The minimum Gasteiger partial charge on any atom is -0.354 e. The van der Waals surface area contributed by atoms with Gasteiger partial charge in [0, 0.05) is 30.7 Å². The Hall–Kier alpha value is -0.610. The third-order valence-electron chi connectivity index (χ3n) is 3.15. The standard InChI is InChI=1S/C12H18BrN3/c1-3-15-6-8-16(9-7-15)12-5-4-11(13)10(2)14-12/h4-5H,3,6-9H2,1-2H3. The van der Waals surface area contributed by atoms with Crippen molar-refractivity contribution in [2.75, 3.05) is 37.6 Å². The van der Waals surface area contributed by atoms with Crippen molar-refractivity contribution in [3.63, 3.8) is 0 Å². The van der Waals surface area contributed by atoms with E-state index in [9.17, 15) is 0 Å². The summed E-state index contributed by atoms with van der Waals surface area (Å²) in [6.45, 7) is 9.87. The molecule has 1 fully saturated rings. The third-order valence-corrected chi connectivity index (χ3v) is 3.99. The summed E-state index contributed by atoms with van der Waals surface area (Å²) in [7, 11) is 0. The highest BCUT2D eigenvalue weighted by Gasteiger charge is 2.16. The molecule has 0 saturated carbocycles. The highest BCUT2D eigenvalue weighted by atomic mass is 79.9. The van der Waals surface area contributed by atoms with E-state index < -0.39 is 0 Å². The first-order chi connectivity index (χ1) is 7.70. The topological polar surface area (TPSA) is 19.4 Å². The first-order valence-electron chi connectivity index (χ1n) is 5.81. The van der Waals surface area contributed by atoms with Gasteiger partial charge in [-0.25, -0.2) is 4.98 Å². The zero-order valence-electron chi connectivity index (χ0n) is 9.91. The summed E-state index contributed by atoms with van der Waals surface area (Å²) in [6.07, 6.45) is 0. The van der Waals surface area contributed by atoms with Gasteiger partial charge in [0.2, 0.25) is 0 Å². The molecular weight excluding hydrogens is 266 g/mol. The zero-order chi connectivity index (χ0) is 11.5. The lowest BCUT2D eigenvalue weighted by atomic mass is 10.3. The lowest BCUT2D eigenvalue weighted by Gasteiger charge is -2.34. The second-order valence-corrected chi connectivity index (χ2v) is 5.01. The molecule has 2 heterocycles. The Morgan fingerprint density at radius 3 is 2.50 bits per heavy atom. The molecule has 0 spiro atoms. The van der Waals surface area contributed by atoms with Crippen LogP contribution in [0, 0.1) is 6.92 Å². The second-order valence-electron chi connectivity index (χ2n) is 4.16. The maximum absolute atomic E-state index is 4.61. The van der Waals surface area contributed by atoms with Crippen molar-refractivity contribution in [2.45, 2.75) is 13.8 Å². The molecule has 0 atom stereocenters. The molecule has 0 unspecified atom stereocenters. The van der Waals surface area contributed by atoms with Crippen LogP contribution >= 0.6 is 15.9 Å². The van der Waals surface area contributed by atoms with Gasteiger partial charge >= 0.3 is 0 Å². The van der Waals surface area contributed by atoms with Crippen molar-refractivity contribution < 1.29 is 0 Å². The maximum atomic E-state index is 4.61. The molecule has 0 N–H and O–H groups in total. The van der Waals surface area contributed by atoms with Gasteiger partial charge in [-0.15, -0.1) is 0 Å². The van der Waals surface area contributed by atoms with Crippen molar-refractivity contribution in [3.8, 4) is 0 Å². The summed E-state index contributed by atoms with van der Waals surface area (Å²) >= 11 is 3.48. The lowest BCUT2D eigenvalue weighted by molar-refractivity contribution is 0.270. The Kier molecular flexibility index (Phi) is 3.82. The van der Waals surface area contributed by atoms with Crippen molar-refractivity contribution in [1.29, 1.82) is 0 Å². The van der Waals surface area contributed by atoms with Crippen LogP contribution in [0.5, 0.6) is 0 Å². The molecule has 4 heteroatoms. The molecule has 1 aromatic heterocycles. The average Bonchev–Trinajstić information content (AvgIpc) is 2.33. The predicted molar refractivity (Wildman–Crippen MR) is 71.0 cm³/mol. The summed E-state index contributed by atoms with van der Waals surface area (Å²) in [5.41, 5.74) is 1.07. The number of piperazine rings is 1. The number of nitrogens with zero attached hydrogens (tertiary/aromatic N) is 3. The van der Waals surface area contributed by atoms with Crippen LogP contribution in [0.4, 0.5) is 5.82 Å². The average molecular weight is 284 g/mol. The SMILES string of the molecule is CCN1CCN(c2ccc(Br)c(C)n2)CC1. The van der Waals surface area contributed by atoms with E-state index >= 15 is 0 Å². The molecule has 16 heavy (non-hydrogen) atoms. The number of rotatable bonds is 2. The fourth-order valence-corrected chi connectivity index (χ4v) is 2.22. The first-order valence-corrected chi connectivity index (χ1v) is 6.60. The van der Waals surface area contributed by atoms with Gasteiger partial charge in [-0.05, 0) is 41.5 Å². The molecule has 1 saturated heterocycles. The molecule has 0 radical (unpaired) electrons. The number of aromatic nitrogens is 1. The summed E-state index contributed by atoms with van der Waals surface area (Å²) < 4.78 is 1.09. The van der Waals surface area contributed by atoms with Crippen molar-refractivity contribution in [3.05, 3.63) is 22.3 Å². The highest BCUT2D eigenvalue weighted by molar-refractivity contribution is 9.10. The van der Waals surface area contributed by atoms with Crippen molar-refractivity contribution in [2.24, 2.45) is 0 Å². The number of aryl methyl sites for hydroxylation is 1. The van der Waals surface area contributed by atoms with E-state index in [0.717, 1.165) is 48.7 Å². The number of likely N-dealkylation sites (N-methyl/N-ethyl adjacent to an activating group) is 1. The Morgan fingerprint density at radius 2 is 1.94 bits per heavy atom. The minimum atomic E-state index is 1.07. The quantitative estimate of drug-likeness (QED) is 0.830. The Bertz CT molecular complexity index is 359. The molecule has 88 valence electrons. The first kappa shape index (κ1) is 11.9. The van der Waals surface area contributed by atoms with E-state index in [-0.39, 0.29) is 0 Å². The van der Waals surface area contributed by atoms with Gasteiger partial charge in [0.15, 0.2) is 0 Å². The molecule has 0 bridgehead atoms. The van der Waals surface area contributed by atoms with Gasteiger partial charge in [0.25, 0.3) is 0 Å². The minimum absolute atomic E-state index is 1.07. The van der Waals surface area contributed by atoms with E-state index in [4.69, 9.17) is 0 Å². The van der Waals surface area contributed by atoms with Crippen LogP contribution in [-0.4, -0.2) is 42.6 Å². The molecule has 1 aliphatic heterocycles. The lowest BCUT2D eigenvalue weighted by Crippen LogP contribution is -2.46. The second kappa shape index (κ2) is 5.15. The number of pyridine rings is 1. The van der Waals surface area contributed by atoms with Crippen LogP contribution in [0.25, 0.3) is 0 Å². The Labute approximate surface area is 106 Å². The fraction of sp³-hybridized carbons (Fsp3) is 0.583. The molecule has 1 aromatic rings. The summed E-state index contributed by atoms with van der Waals surface area (Å²) in [4.78, 5) is 9.45. The maximum Gasteiger partial charge on any atom is 0.128 e. The summed E-state index contributed by atoms with van der Waals surface area (Å²) in [5.74, 6) is 1.11. The number of anilines is 1. The van der Waals surface area contributed by atoms with E-state index in [2.05, 4.69) is 49.8 Å². The molecule has 2 rings (SSSR count). The van der Waals surface area contributed by atoms with Gasteiger partial charge < -0.3 is 9.80 Å². The molecule has 0 aromatic carbocycles. The van der Waals surface area contributed by atoms with E-state index in [0.29, 0.717) is 0 Å². The van der Waals surface area contributed by atoms with Gasteiger partial charge in [-0.3, -0.25) is 0 Å². The normalized spacial score (nSPS) is 17.8. The van der Waals surface area contributed by atoms with E-state index in [1.807, 2.05) is 6.92 Å². The van der Waals surface area contributed by atoms with Gasteiger partial charge in [0.1, 0.15) is 5.82 Å². The smallest absolute Gasteiger partial charge is 0.128 e. The zero-order valence-corrected chi connectivity index (χ0v) is 11.5. The summed E-state index contributed by atoms with van der Waals surface area (Å²) in [6, 6.07) is 4.18. The monoisotopic (exact) mass is 283 g/mol. The molecule has 0 aliphatic carbocycles. The Morgan fingerprint density at radius 1 is 1.25 bits per heavy atom. The van der Waals surface area contributed by atoms with Crippen molar-refractivity contribution >= 4 is 21.7 Å². The van der Waals surface area contributed by atoms with E-state index in [1.54, 1.807) is 0 Å². The van der Waals surface area contributed by atoms with Crippen molar-refractivity contribution in [1.82, 2.24) is 9.88 Å². The van der Waals surface area contributed by atoms with Crippen LogP contribution in [0.3, 0.4) is 0 Å². The predicted octanol–water partition coefficient (Wildman–Crippen LogP) is 2.29. The van der Waals surface area contributed by atoms with Crippen LogP contribution in [0.15, 0.2) is 16.6 Å². The highest BCUT2D eigenvalue weighted by Crippen LogP contribution is 2.19. The largest absolute Gasteiger partial charge is 0.354 e. The number of hydrogen-bond donors (Lipinski definition) is 0. The molecular formula is C12H18BrN3. The van der Waals surface area contributed by atoms with Crippen LogP contribution in [-0.2, 0) is 0 Å². The molecule has 3 nitrogen and oxygen atoms in total. The van der Waals surface area contributed by atoms with Crippen LogP contribution in [0.2, 0.25) is 0 Å². The van der Waals surface area contributed by atoms with Crippen LogP contribution < -0.4 is 4.90 Å².